The highest BCUT2D eigenvalue weighted by atomic mass is 35.5. The Hall–Kier alpha value is -0.270. The van der Waals surface area contributed by atoms with Crippen LogP contribution in [-0.4, -0.2) is 11.9 Å². The van der Waals surface area contributed by atoms with Crippen molar-refractivity contribution in [3.05, 3.63) is 23.8 Å². The number of halogens is 1. The zero-order chi connectivity index (χ0) is 7.40. The molecule has 0 heterocycles. The van der Waals surface area contributed by atoms with Gasteiger partial charge in [0.15, 0.2) is 0 Å². The number of rotatable bonds is 2. The molecule has 0 bridgehead atoms. The average Bonchev–Trinajstić information content (AvgIpc) is 1.94. The van der Waals surface area contributed by atoms with E-state index in [0.29, 0.717) is 6.54 Å². The molecular formula is C8H12ClN. The van der Waals surface area contributed by atoms with Gasteiger partial charge in [-0.15, -0.1) is 11.6 Å². The van der Waals surface area contributed by atoms with E-state index in [-0.39, 0.29) is 5.38 Å². The van der Waals surface area contributed by atoms with Crippen LogP contribution < -0.4 is 5.73 Å². The fraction of sp³-hybridized carbons (Fsp3) is 0.500. The Morgan fingerprint density at radius 2 is 2.50 bits per heavy atom. The summed E-state index contributed by atoms with van der Waals surface area (Å²) in [6, 6.07) is 0. The molecule has 0 aromatic heterocycles. The molecule has 0 saturated heterocycles. The van der Waals surface area contributed by atoms with Crippen LogP contribution in [0.4, 0.5) is 0 Å². The lowest BCUT2D eigenvalue weighted by Crippen LogP contribution is -2.09. The number of hydrogen-bond donors (Lipinski definition) is 1. The molecule has 0 aromatic carbocycles. The van der Waals surface area contributed by atoms with Crippen molar-refractivity contribution in [2.45, 2.75) is 18.2 Å². The molecule has 1 atom stereocenters. The second-order valence-electron chi connectivity index (χ2n) is 2.41. The van der Waals surface area contributed by atoms with Crippen molar-refractivity contribution < 1.29 is 0 Å². The summed E-state index contributed by atoms with van der Waals surface area (Å²) in [6.45, 7) is 0.697. The van der Waals surface area contributed by atoms with Crippen LogP contribution in [0.3, 0.4) is 0 Å². The maximum absolute atomic E-state index is 5.99. The van der Waals surface area contributed by atoms with Crippen LogP contribution in [0.15, 0.2) is 23.8 Å². The first-order valence-electron chi connectivity index (χ1n) is 3.54. The first kappa shape index (κ1) is 7.83. The van der Waals surface area contributed by atoms with Crippen LogP contribution >= 0.6 is 11.6 Å². The minimum absolute atomic E-state index is 0.188. The maximum atomic E-state index is 5.99. The third-order valence-electron chi connectivity index (χ3n) is 1.62. The lowest BCUT2D eigenvalue weighted by atomic mass is 10.0. The van der Waals surface area contributed by atoms with E-state index >= 15 is 0 Å². The van der Waals surface area contributed by atoms with Gasteiger partial charge < -0.3 is 5.73 Å². The third kappa shape index (κ3) is 1.86. The Balaban J connectivity index is 2.52. The van der Waals surface area contributed by atoms with E-state index in [1.807, 2.05) is 6.08 Å². The smallest absolute Gasteiger partial charge is 0.0583 e. The Morgan fingerprint density at radius 1 is 1.70 bits per heavy atom. The molecular weight excluding hydrogens is 146 g/mol. The summed E-state index contributed by atoms with van der Waals surface area (Å²) in [5.41, 5.74) is 6.67. The summed E-state index contributed by atoms with van der Waals surface area (Å²) in [7, 11) is 0. The molecule has 1 rings (SSSR count). The van der Waals surface area contributed by atoms with Gasteiger partial charge in [-0.2, -0.15) is 0 Å². The largest absolute Gasteiger partial charge is 0.330 e. The van der Waals surface area contributed by atoms with Gasteiger partial charge in [0.05, 0.1) is 5.38 Å². The second kappa shape index (κ2) is 3.79. The average molecular weight is 158 g/mol. The van der Waals surface area contributed by atoms with E-state index < -0.39 is 0 Å². The van der Waals surface area contributed by atoms with Crippen molar-refractivity contribution in [2.75, 3.05) is 6.54 Å². The molecule has 10 heavy (non-hydrogen) atoms. The Labute approximate surface area is 66.6 Å². The van der Waals surface area contributed by atoms with Gasteiger partial charge in [-0.3, -0.25) is 0 Å². The summed E-state index contributed by atoms with van der Waals surface area (Å²) in [5, 5.41) is 0.188. The summed E-state index contributed by atoms with van der Waals surface area (Å²) in [5.74, 6) is 0. The standard InChI is InChI=1S/C8H12ClN/c9-8-4-2-1-3-7(8)5-6-10/h1-3,8H,4-6,10H2. The molecule has 1 aliphatic carbocycles. The van der Waals surface area contributed by atoms with E-state index in [2.05, 4.69) is 12.2 Å². The number of nitrogens with two attached hydrogens (primary N) is 1. The van der Waals surface area contributed by atoms with E-state index in [9.17, 15) is 0 Å². The highest BCUT2D eigenvalue weighted by molar-refractivity contribution is 6.22. The van der Waals surface area contributed by atoms with Crippen molar-refractivity contribution in [1.82, 2.24) is 0 Å². The lowest BCUT2D eigenvalue weighted by molar-refractivity contribution is 0.853. The molecule has 0 saturated carbocycles. The molecule has 0 radical (unpaired) electrons. The van der Waals surface area contributed by atoms with Gasteiger partial charge in [0.2, 0.25) is 0 Å². The van der Waals surface area contributed by atoms with Crippen LogP contribution in [0.5, 0.6) is 0 Å². The summed E-state index contributed by atoms with van der Waals surface area (Å²) < 4.78 is 0. The minimum atomic E-state index is 0.188. The number of allylic oxidation sites excluding steroid dienone is 3. The van der Waals surface area contributed by atoms with E-state index in [4.69, 9.17) is 17.3 Å². The predicted molar refractivity (Wildman–Crippen MR) is 45.2 cm³/mol. The van der Waals surface area contributed by atoms with E-state index in [1.54, 1.807) is 0 Å². The molecule has 0 aliphatic heterocycles. The molecule has 0 amide bonds. The van der Waals surface area contributed by atoms with Crippen molar-refractivity contribution in [3.8, 4) is 0 Å². The number of alkyl halides is 1. The molecule has 1 aliphatic rings. The predicted octanol–water partition coefficient (Wildman–Crippen LogP) is 1.83. The van der Waals surface area contributed by atoms with Crippen LogP contribution in [-0.2, 0) is 0 Å². The molecule has 0 fully saturated rings. The van der Waals surface area contributed by atoms with E-state index in [0.717, 1.165) is 12.8 Å². The maximum Gasteiger partial charge on any atom is 0.0583 e. The summed E-state index contributed by atoms with van der Waals surface area (Å²) in [6.07, 6.45) is 8.07. The van der Waals surface area contributed by atoms with Gasteiger partial charge >= 0.3 is 0 Å². The first-order valence-corrected chi connectivity index (χ1v) is 3.98. The quantitative estimate of drug-likeness (QED) is 0.609. The van der Waals surface area contributed by atoms with E-state index in [1.165, 1.54) is 5.57 Å². The van der Waals surface area contributed by atoms with Crippen LogP contribution in [0.2, 0.25) is 0 Å². The van der Waals surface area contributed by atoms with Crippen molar-refractivity contribution in [3.63, 3.8) is 0 Å². The molecule has 1 unspecified atom stereocenters. The summed E-state index contributed by atoms with van der Waals surface area (Å²) in [4.78, 5) is 0. The van der Waals surface area contributed by atoms with Crippen LogP contribution in [0, 0.1) is 0 Å². The van der Waals surface area contributed by atoms with Gasteiger partial charge in [-0.1, -0.05) is 23.8 Å². The lowest BCUT2D eigenvalue weighted by Gasteiger charge is -2.13. The molecule has 56 valence electrons. The fourth-order valence-corrected chi connectivity index (χ4v) is 1.34. The van der Waals surface area contributed by atoms with Crippen molar-refractivity contribution >= 4 is 11.6 Å². The Morgan fingerprint density at radius 3 is 3.10 bits per heavy atom. The number of hydrogen-bond acceptors (Lipinski definition) is 1. The highest BCUT2D eigenvalue weighted by Crippen LogP contribution is 2.20. The van der Waals surface area contributed by atoms with Crippen molar-refractivity contribution in [1.29, 1.82) is 0 Å². The van der Waals surface area contributed by atoms with Gasteiger partial charge in [0, 0.05) is 0 Å². The normalized spacial score (nSPS) is 24.6. The van der Waals surface area contributed by atoms with Gasteiger partial charge in [-0.25, -0.2) is 0 Å². The zero-order valence-corrected chi connectivity index (χ0v) is 6.64. The van der Waals surface area contributed by atoms with Gasteiger partial charge in [0.25, 0.3) is 0 Å². The second-order valence-corrected chi connectivity index (χ2v) is 2.94. The molecule has 2 heteroatoms. The monoisotopic (exact) mass is 157 g/mol. The molecule has 0 aromatic rings. The fourth-order valence-electron chi connectivity index (χ4n) is 1.05. The topological polar surface area (TPSA) is 26.0 Å². The molecule has 2 N–H and O–H groups in total. The zero-order valence-electron chi connectivity index (χ0n) is 5.89. The van der Waals surface area contributed by atoms with Gasteiger partial charge in [-0.05, 0) is 19.4 Å². The van der Waals surface area contributed by atoms with Gasteiger partial charge in [0.1, 0.15) is 0 Å². The third-order valence-corrected chi connectivity index (χ3v) is 2.08. The summed E-state index contributed by atoms with van der Waals surface area (Å²) >= 11 is 5.99. The SMILES string of the molecule is NCCC1=CC=CCC1Cl. The Kier molecular flexibility index (Phi) is 2.97. The molecule has 1 nitrogen and oxygen atoms in total. The van der Waals surface area contributed by atoms with Crippen LogP contribution in [0.25, 0.3) is 0 Å². The van der Waals surface area contributed by atoms with Crippen LogP contribution in [0.1, 0.15) is 12.8 Å². The minimum Gasteiger partial charge on any atom is -0.330 e. The highest BCUT2D eigenvalue weighted by Gasteiger charge is 2.09. The Bertz CT molecular complexity index is 161. The van der Waals surface area contributed by atoms with Crippen molar-refractivity contribution in [2.24, 2.45) is 5.73 Å². The first-order chi connectivity index (χ1) is 4.84. The molecule has 0 spiro atoms.